The van der Waals surface area contributed by atoms with Crippen molar-refractivity contribution in [1.82, 2.24) is 25.5 Å². The predicted molar refractivity (Wildman–Crippen MR) is 75.3 cm³/mol. The highest BCUT2D eigenvalue weighted by Gasteiger charge is 2.15. The molecule has 1 unspecified atom stereocenters. The molecule has 7 heteroatoms. The number of hydrogen-bond donors (Lipinski definition) is 1. The van der Waals surface area contributed by atoms with Gasteiger partial charge in [0.05, 0.1) is 12.6 Å². The summed E-state index contributed by atoms with van der Waals surface area (Å²) in [5, 5.41) is 16.1. The van der Waals surface area contributed by atoms with Crippen molar-refractivity contribution in [3.63, 3.8) is 0 Å². The van der Waals surface area contributed by atoms with E-state index in [1.165, 1.54) is 12.8 Å². The van der Waals surface area contributed by atoms with Gasteiger partial charge in [-0.15, -0.1) is 5.10 Å². The molecule has 2 heterocycles. The largest absolute Gasteiger partial charge is 0.378 e. The van der Waals surface area contributed by atoms with Crippen molar-refractivity contribution in [3.05, 3.63) is 0 Å². The van der Waals surface area contributed by atoms with Crippen LogP contribution in [0.4, 0.5) is 0 Å². The first-order valence-corrected chi connectivity index (χ1v) is 7.98. The molecule has 1 saturated heterocycles. The van der Waals surface area contributed by atoms with Crippen LogP contribution in [0.2, 0.25) is 0 Å². The van der Waals surface area contributed by atoms with Crippen molar-refractivity contribution in [2.75, 3.05) is 18.9 Å². The van der Waals surface area contributed by atoms with Gasteiger partial charge in [-0.2, -0.15) is 0 Å². The Hall–Kier alpha value is -0.660. The lowest BCUT2D eigenvalue weighted by molar-refractivity contribution is 0.109. The van der Waals surface area contributed by atoms with Gasteiger partial charge in [0.15, 0.2) is 0 Å². The zero-order valence-electron chi connectivity index (χ0n) is 11.7. The standard InChI is InChI=1S/C12H23N5OS/c1-10(2)13-6-7-17-12(14-15-16-17)19-9-5-11-4-3-8-18-11/h10-11,13H,3-9H2,1-2H3. The summed E-state index contributed by atoms with van der Waals surface area (Å²) in [6.07, 6.45) is 3.93. The van der Waals surface area contributed by atoms with Gasteiger partial charge < -0.3 is 10.1 Å². The topological polar surface area (TPSA) is 64.9 Å². The molecule has 0 amide bonds. The fourth-order valence-corrected chi connectivity index (χ4v) is 2.99. The van der Waals surface area contributed by atoms with E-state index in [-0.39, 0.29) is 0 Å². The van der Waals surface area contributed by atoms with E-state index in [1.54, 1.807) is 11.8 Å². The van der Waals surface area contributed by atoms with Crippen LogP contribution in [0.15, 0.2) is 5.16 Å². The average molecular weight is 285 g/mol. The molecular formula is C12H23N5OS. The molecule has 1 aliphatic heterocycles. The van der Waals surface area contributed by atoms with Gasteiger partial charge in [-0.05, 0) is 29.7 Å². The van der Waals surface area contributed by atoms with Crippen LogP contribution in [0, 0.1) is 0 Å². The number of ether oxygens (including phenoxy) is 1. The molecule has 1 fully saturated rings. The summed E-state index contributed by atoms with van der Waals surface area (Å²) in [5.41, 5.74) is 0. The summed E-state index contributed by atoms with van der Waals surface area (Å²) in [5.74, 6) is 1.02. The Bertz CT molecular complexity index is 365. The Morgan fingerprint density at radius 2 is 2.42 bits per heavy atom. The van der Waals surface area contributed by atoms with E-state index in [4.69, 9.17) is 4.74 Å². The van der Waals surface area contributed by atoms with Gasteiger partial charge >= 0.3 is 0 Å². The minimum Gasteiger partial charge on any atom is -0.378 e. The smallest absolute Gasteiger partial charge is 0.209 e. The van der Waals surface area contributed by atoms with Crippen molar-refractivity contribution < 1.29 is 4.74 Å². The third kappa shape index (κ3) is 5.08. The Morgan fingerprint density at radius 3 is 3.16 bits per heavy atom. The number of nitrogens with zero attached hydrogens (tertiary/aromatic N) is 4. The second kappa shape index (κ2) is 7.81. The Balaban J connectivity index is 1.69. The van der Waals surface area contributed by atoms with Crippen LogP contribution in [0.1, 0.15) is 33.1 Å². The Labute approximate surface area is 118 Å². The molecule has 19 heavy (non-hydrogen) atoms. The van der Waals surface area contributed by atoms with Crippen molar-refractivity contribution >= 4 is 11.8 Å². The maximum Gasteiger partial charge on any atom is 0.209 e. The molecule has 1 atom stereocenters. The number of thioether (sulfide) groups is 1. The SMILES string of the molecule is CC(C)NCCn1nnnc1SCCC1CCCO1. The number of hydrogen-bond acceptors (Lipinski definition) is 6. The monoisotopic (exact) mass is 285 g/mol. The van der Waals surface area contributed by atoms with E-state index in [9.17, 15) is 0 Å². The van der Waals surface area contributed by atoms with Crippen molar-refractivity contribution in [2.24, 2.45) is 0 Å². The summed E-state index contributed by atoms with van der Waals surface area (Å²) < 4.78 is 7.48. The van der Waals surface area contributed by atoms with Gasteiger partial charge in [-0.25, -0.2) is 4.68 Å². The number of rotatable bonds is 8. The maximum atomic E-state index is 5.61. The third-order valence-corrected chi connectivity index (χ3v) is 4.06. The highest BCUT2D eigenvalue weighted by molar-refractivity contribution is 7.99. The number of tetrazole rings is 1. The Morgan fingerprint density at radius 1 is 1.53 bits per heavy atom. The molecule has 0 spiro atoms. The van der Waals surface area contributed by atoms with Crippen LogP contribution in [-0.4, -0.2) is 51.3 Å². The van der Waals surface area contributed by atoms with Gasteiger partial charge in [0.2, 0.25) is 5.16 Å². The molecular weight excluding hydrogens is 262 g/mol. The van der Waals surface area contributed by atoms with Crippen molar-refractivity contribution in [1.29, 1.82) is 0 Å². The van der Waals surface area contributed by atoms with Crippen LogP contribution in [0.25, 0.3) is 0 Å². The minimum atomic E-state index is 0.444. The first kappa shape index (κ1) is 14.7. The van der Waals surface area contributed by atoms with E-state index < -0.39 is 0 Å². The molecule has 0 aliphatic carbocycles. The Kier molecular flexibility index (Phi) is 6.06. The molecule has 1 aromatic rings. The average Bonchev–Trinajstić information content (AvgIpc) is 3.01. The fraction of sp³-hybridized carbons (Fsp3) is 0.917. The second-order valence-electron chi connectivity index (χ2n) is 5.07. The van der Waals surface area contributed by atoms with Crippen LogP contribution in [0.3, 0.4) is 0 Å². The fourth-order valence-electron chi connectivity index (χ4n) is 2.05. The zero-order valence-corrected chi connectivity index (χ0v) is 12.5. The van der Waals surface area contributed by atoms with Crippen LogP contribution in [-0.2, 0) is 11.3 Å². The van der Waals surface area contributed by atoms with Gasteiger partial charge in [-0.1, -0.05) is 25.6 Å². The lowest BCUT2D eigenvalue weighted by Crippen LogP contribution is -2.27. The highest BCUT2D eigenvalue weighted by atomic mass is 32.2. The van der Waals surface area contributed by atoms with E-state index in [0.29, 0.717) is 12.1 Å². The summed E-state index contributed by atoms with van der Waals surface area (Å²) in [4.78, 5) is 0. The molecule has 0 aromatic carbocycles. The van der Waals surface area contributed by atoms with E-state index in [1.807, 2.05) is 4.68 Å². The maximum absolute atomic E-state index is 5.61. The minimum absolute atomic E-state index is 0.444. The molecule has 0 saturated carbocycles. The van der Waals surface area contributed by atoms with E-state index in [0.717, 1.165) is 37.0 Å². The molecule has 0 bridgehead atoms. The second-order valence-corrected chi connectivity index (χ2v) is 6.13. The molecule has 1 N–H and O–H groups in total. The van der Waals surface area contributed by atoms with Gasteiger partial charge in [0, 0.05) is 24.9 Å². The normalized spacial score (nSPS) is 19.4. The van der Waals surface area contributed by atoms with E-state index >= 15 is 0 Å². The van der Waals surface area contributed by atoms with Gasteiger partial charge in [0.1, 0.15) is 0 Å². The summed E-state index contributed by atoms with van der Waals surface area (Å²) >= 11 is 1.72. The van der Waals surface area contributed by atoms with E-state index in [2.05, 4.69) is 34.7 Å². The summed E-state index contributed by atoms with van der Waals surface area (Å²) in [6.45, 7) is 6.90. The summed E-state index contributed by atoms with van der Waals surface area (Å²) in [7, 11) is 0. The summed E-state index contributed by atoms with van der Waals surface area (Å²) in [6, 6.07) is 0.493. The molecule has 6 nitrogen and oxygen atoms in total. The quantitative estimate of drug-likeness (QED) is 0.727. The number of aromatic nitrogens is 4. The van der Waals surface area contributed by atoms with Crippen LogP contribution >= 0.6 is 11.8 Å². The van der Waals surface area contributed by atoms with Crippen LogP contribution < -0.4 is 5.32 Å². The first-order valence-electron chi connectivity index (χ1n) is 6.99. The van der Waals surface area contributed by atoms with Gasteiger partial charge in [-0.3, -0.25) is 0 Å². The lowest BCUT2D eigenvalue weighted by Gasteiger charge is -2.09. The molecule has 1 aliphatic rings. The van der Waals surface area contributed by atoms with Crippen LogP contribution in [0.5, 0.6) is 0 Å². The number of nitrogens with one attached hydrogen (secondary N) is 1. The predicted octanol–water partition coefficient (Wildman–Crippen LogP) is 1.33. The molecule has 0 radical (unpaired) electrons. The first-order chi connectivity index (χ1) is 9.25. The van der Waals surface area contributed by atoms with Gasteiger partial charge in [0.25, 0.3) is 0 Å². The lowest BCUT2D eigenvalue weighted by atomic mass is 10.2. The van der Waals surface area contributed by atoms with Crippen molar-refractivity contribution in [2.45, 2.75) is 57.0 Å². The van der Waals surface area contributed by atoms with Crippen molar-refractivity contribution in [3.8, 4) is 0 Å². The molecule has 2 rings (SSSR count). The molecule has 1 aromatic heterocycles. The zero-order chi connectivity index (χ0) is 13.5. The molecule has 108 valence electrons. The highest BCUT2D eigenvalue weighted by Crippen LogP contribution is 2.20. The third-order valence-electron chi connectivity index (χ3n) is 3.07.